The van der Waals surface area contributed by atoms with E-state index in [9.17, 15) is 0 Å². The Morgan fingerprint density at radius 3 is 1.42 bits per heavy atom. The maximum atomic E-state index is 3.57. The van der Waals surface area contributed by atoms with Crippen LogP contribution >= 0.6 is 15.9 Å². The lowest BCUT2D eigenvalue weighted by atomic mass is 10.0. The summed E-state index contributed by atoms with van der Waals surface area (Å²) in [6.07, 6.45) is 25.7. The van der Waals surface area contributed by atoms with E-state index < -0.39 is 0 Å². The molecule has 1 rings (SSSR count). The molecule has 0 amide bonds. The van der Waals surface area contributed by atoms with E-state index in [0.29, 0.717) is 0 Å². The number of rotatable bonds is 23. The van der Waals surface area contributed by atoms with Crippen LogP contribution in [0.3, 0.4) is 0 Å². The van der Waals surface area contributed by atoms with Crippen molar-refractivity contribution in [3.05, 3.63) is 35.9 Å². The summed E-state index contributed by atoms with van der Waals surface area (Å²) in [5.41, 5.74) is 1.46. The number of hydrogen-bond acceptors (Lipinski definition) is 1. The molecule has 0 aliphatic heterocycles. The number of halogens is 1. The van der Waals surface area contributed by atoms with Gasteiger partial charge in [0.25, 0.3) is 0 Å². The first-order valence-electron chi connectivity index (χ1n) is 13.7. The highest BCUT2D eigenvalue weighted by Crippen LogP contribution is 2.14. The highest BCUT2D eigenvalue weighted by molar-refractivity contribution is 9.09. The van der Waals surface area contributed by atoms with Crippen molar-refractivity contribution in [1.82, 2.24) is 4.90 Å². The Hall–Kier alpha value is -0.340. The minimum atomic E-state index is 1.11. The molecule has 0 saturated heterocycles. The Labute approximate surface area is 203 Å². The van der Waals surface area contributed by atoms with Gasteiger partial charge in [-0.15, -0.1) is 0 Å². The van der Waals surface area contributed by atoms with E-state index in [1.165, 1.54) is 134 Å². The molecule has 0 aliphatic carbocycles. The first-order valence-corrected chi connectivity index (χ1v) is 14.8. The topological polar surface area (TPSA) is 3.24 Å². The normalized spacial score (nSPS) is 11.5. The van der Waals surface area contributed by atoms with Gasteiger partial charge in [-0.3, -0.25) is 4.90 Å². The van der Waals surface area contributed by atoms with Gasteiger partial charge in [-0.25, -0.2) is 0 Å². The number of nitrogens with zero attached hydrogens (tertiary/aromatic N) is 1. The van der Waals surface area contributed by atoms with Gasteiger partial charge in [0.05, 0.1) is 0 Å². The summed E-state index contributed by atoms with van der Waals surface area (Å²) in [5, 5.41) is 1.13. The monoisotopic (exact) mass is 493 g/mol. The Balaban J connectivity index is 1.93. The van der Waals surface area contributed by atoms with Crippen molar-refractivity contribution in [2.75, 3.05) is 18.4 Å². The number of benzene rings is 1. The summed E-state index contributed by atoms with van der Waals surface area (Å²) in [4.78, 5) is 2.67. The van der Waals surface area contributed by atoms with Crippen LogP contribution in [-0.4, -0.2) is 23.3 Å². The lowest BCUT2D eigenvalue weighted by Crippen LogP contribution is -2.25. The molecule has 0 bridgehead atoms. The number of unbranched alkanes of at least 4 members (excludes halogenated alkanes) is 16. The van der Waals surface area contributed by atoms with E-state index >= 15 is 0 Å². The van der Waals surface area contributed by atoms with Crippen LogP contribution in [0.1, 0.15) is 128 Å². The maximum Gasteiger partial charge on any atom is 0.0233 e. The molecule has 1 aromatic rings. The van der Waals surface area contributed by atoms with Crippen molar-refractivity contribution in [3.63, 3.8) is 0 Å². The van der Waals surface area contributed by atoms with Gasteiger partial charge >= 0.3 is 0 Å². The molecule has 0 radical (unpaired) electrons. The predicted octanol–water partition coefficient (Wildman–Crippen LogP) is 9.93. The van der Waals surface area contributed by atoms with Crippen LogP contribution in [0.2, 0.25) is 0 Å². The number of alkyl halides is 1. The summed E-state index contributed by atoms with van der Waals surface area (Å²) < 4.78 is 0. The van der Waals surface area contributed by atoms with Crippen LogP contribution in [0, 0.1) is 0 Å². The van der Waals surface area contributed by atoms with Crippen LogP contribution in [0.5, 0.6) is 0 Å². The lowest BCUT2D eigenvalue weighted by Gasteiger charge is -2.22. The molecule has 0 aromatic heterocycles. The van der Waals surface area contributed by atoms with E-state index in [2.05, 4.69) is 58.1 Å². The van der Waals surface area contributed by atoms with E-state index in [1.54, 1.807) is 0 Å². The highest BCUT2D eigenvalue weighted by Gasteiger charge is 2.05. The minimum absolute atomic E-state index is 1.11. The Morgan fingerprint density at radius 2 is 0.968 bits per heavy atom. The maximum absolute atomic E-state index is 3.57. The van der Waals surface area contributed by atoms with Crippen molar-refractivity contribution < 1.29 is 0 Å². The van der Waals surface area contributed by atoms with Crippen LogP contribution in [0.4, 0.5) is 0 Å². The lowest BCUT2D eigenvalue weighted by molar-refractivity contribution is 0.255. The third-order valence-electron chi connectivity index (χ3n) is 6.43. The van der Waals surface area contributed by atoms with Crippen LogP contribution in [0.15, 0.2) is 30.3 Å². The van der Waals surface area contributed by atoms with Gasteiger partial charge in [0, 0.05) is 11.9 Å². The molecule has 0 N–H and O–H groups in total. The third kappa shape index (κ3) is 18.9. The Morgan fingerprint density at radius 1 is 0.548 bits per heavy atom. The quantitative estimate of drug-likeness (QED) is 0.108. The minimum Gasteiger partial charge on any atom is -0.299 e. The van der Waals surface area contributed by atoms with Crippen LogP contribution < -0.4 is 0 Å². The first-order chi connectivity index (χ1) is 15.4. The molecule has 0 unspecified atom stereocenters. The number of hydrogen-bond donors (Lipinski definition) is 0. The van der Waals surface area contributed by atoms with Crippen molar-refractivity contribution in [1.29, 1.82) is 0 Å². The summed E-state index contributed by atoms with van der Waals surface area (Å²) in [5.74, 6) is 0. The molecule has 0 heterocycles. The van der Waals surface area contributed by atoms with Crippen molar-refractivity contribution in [3.8, 4) is 0 Å². The summed E-state index contributed by atoms with van der Waals surface area (Å²) in [6.45, 7) is 5.91. The molecule has 0 atom stereocenters. The zero-order chi connectivity index (χ0) is 22.2. The van der Waals surface area contributed by atoms with E-state index in [4.69, 9.17) is 0 Å². The Kier molecular flexibility index (Phi) is 21.1. The van der Waals surface area contributed by atoms with Crippen molar-refractivity contribution >= 4 is 15.9 Å². The molecule has 0 saturated carbocycles. The van der Waals surface area contributed by atoms with E-state index in [-0.39, 0.29) is 0 Å². The summed E-state index contributed by atoms with van der Waals surface area (Å²) in [6, 6.07) is 11.0. The van der Waals surface area contributed by atoms with Crippen molar-refractivity contribution in [2.45, 2.75) is 129 Å². The summed E-state index contributed by atoms with van der Waals surface area (Å²) in [7, 11) is 0. The molecule has 0 aliphatic rings. The molecule has 2 heteroatoms. The Bertz CT molecular complexity index is 461. The van der Waals surface area contributed by atoms with Gasteiger partial charge in [-0.1, -0.05) is 149 Å². The smallest absolute Gasteiger partial charge is 0.0233 e. The zero-order valence-electron chi connectivity index (χ0n) is 20.8. The largest absolute Gasteiger partial charge is 0.299 e. The SMILES string of the molecule is CCCCCCCCCCCCCCCCCCN(CCCCBr)Cc1ccccc1. The highest BCUT2D eigenvalue weighted by atomic mass is 79.9. The van der Waals surface area contributed by atoms with Gasteiger partial charge in [-0.05, 0) is 37.9 Å². The third-order valence-corrected chi connectivity index (χ3v) is 7.00. The van der Waals surface area contributed by atoms with E-state index in [0.717, 1.165) is 11.9 Å². The second kappa shape index (κ2) is 22.8. The standard InChI is InChI=1S/C29H52BrN/c1-2-3-4-5-6-7-8-9-10-11-12-13-14-15-16-21-26-31(27-22-20-25-30)28-29-23-18-17-19-24-29/h17-19,23-24H,2-16,20-22,25-28H2,1H3. The van der Waals surface area contributed by atoms with Gasteiger partial charge < -0.3 is 0 Å². The van der Waals surface area contributed by atoms with Crippen LogP contribution in [0.25, 0.3) is 0 Å². The molecule has 0 spiro atoms. The van der Waals surface area contributed by atoms with Gasteiger partial charge in [0.15, 0.2) is 0 Å². The molecular weight excluding hydrogens is 442 g/mol. The molecule has 1 nitrogen and oxygen atoms in total. The second-order valence-electron chi connectivity index (χ2n) is 9.46. The first kappa shape index (κ1) is 28.7. The molecule has 1 aromatic carbocycles. The summed E-state index contributed by atoms with van der Waals surface area (Å²) >= 11 is 3.57. The average Bonchev–Trinajstić information content (AvgIpc) is 2.79. The van der Waals surface area contributed by atoms with Gasteiger partial charge in [-0.2, -0.15) is 0 Å². The second-order valence-corrected chi connectivity index (χ2v) is 10.3. The zero-order valence-corrected chi connectivity index (χ0v) is 22.4. The van der Waals surface area contributed by atoms with Crippen molar-refractivity contribution in [2.24, 2.45) is 0 Å². The van der Waals surface area contributed by atoms with Gasteiger partial charge in [0.1, 0.15) is 0 Å². The molecule has 180 valence electrons. The fourth-order valence-corrected chi connectivity index (χ4v) is 4.82. The van der Waals surface area contributed by atoms with Gasteiger partial charge in [0.2, 0.25) is 0 Å². The van der Waals surface area contributed by atoms with E-state index in [1.807, 2.05) is 0 Å². The molecular formula is C29H52BrN. The predicted molar refractivity (Wildman–Crippen MR) is 144 cm³/mol. The molecule has 31 heavy (non-hydrogen) atoms. The average molecular weight is 495 g/mol. The fraction of sp³-hybridized carbons (Fsp3) is 0.793. The molecule has 0 fully saturated rings. The fourth-order valence-electron chi connectivity index (χ4n) is 4.42. The van der Waals surface area contributed by atoms with Crippen LogP contribution in [-0.2, 0) is 6.54 Å².